The molecule has 1 aromatic heterocycles. The first kappa shape index (κ1) is 16.6. The van der Waals surface area contributed by atoms with Crippen molar-refractivity contribution in [3.63, 3.8) is 0 Å². The van der Waals surface area contributed by atoms with Gasteiger partial charge in [-0.2, -0.15) is 0 Å². The highest BCUT2D eigenvalue weighted by molar-refractivity contribution is 7.09. The zero-order valence-corrected chi connectivity index (χ0v) is 14.8. The second kappa shape index (κ2) is 6.82. The number of carbonyl (C=O) groups excluding carboxylic acids is 1. The second-order valence-electron chi connectivity index (χ2n) is 6.56. The van der Waals surface area contributed by atoms with Crippen LogP contribution in [0.4, 0.5) is 4.39 Å². The quantitative estimate of drug-likeness (QED) is 0.842. The maximum Gasteiger partial charge on any atom is 0.225 e. The Labute approximate surface area is 150 Å². The van der Waals surface area contributed by atoms with Crippen LogP contribution in [0.25, 0.3) is 11.3 Å². The van der Waals surface area contributed by atoms with Gasteiger partial charge in [-0.05, 0) is 24.3 Å². The lowest BCUT2D eigenvalue weighted by Crippen LogP contribution is -2.42. The van der Waals surface area contributed by atoms with Gasteiger partial charge in [0.2, 0.25) is 5.91 Å². The van der Waals surface area contributed by atoms with E-state index in [1.165, 1.54) is 12.1 Å². The smallest absolute Gasteiger partial charge is 0.225 e. The Morgan fingerprint density at radius 2 is 2.12 bits per heavy atom. The highest BCUT2D eigenvalue weighted by Crippen LogP contribution is 2.26. The van der Waals surface area contributed by atoms with Gasteiger partial charge >= 0.3 is 0 Å². The lowest BCUT2D eigenvalue weighted by molar-refractivity contribution is -0.131. The summed E-state index contributed by atoms with van der Waals surface area (Å²) in [6.07, 6.45) is 0.546. The predicted molar refractivity (Wildman–Crippen MR) is 93.7 cm³/mol. The number of aromatic nitrogens is 1. The lowest BCUT2D eigenvalue weighted by atomic mass is 10.2. The Kier molecular flexibility index (Phi) is 4.54. The van der Waals surface area contributed by atoms with Crippen LogP contribution in [0.15, 0.2) is 29.6 Å². The molecule has 0 aliphatic carbocycles. The maximum absolute atomic E-state index is 13.0. The predicted octanol–water partition coefficient (Wildman–Crippen LogP) is 2.38. The fourth-order valence-corrected chi connectivity index (χ4v) is 4.33. The molecular weight excluding hydrogens is 341 g/mol. The first-order valence-electron chi connectivity index (χ1n) is 8.40. The molecule has 0 spiro atoms. The van der Waals surface area contributed by atoms with Crippen molar-refractivity contribution in [1.82, 2.24) is 14.8 Å². The van der Waals surface area contributed by atoms with E-state index in [1.54, 1.807) is 23.5 Å². The zero-order chi connectivity index (χ0) is 17.4. The fourth-order valence-electron chi connectivity index (χ4n) is 3.48. The van der Waals surface area contributed by atoms with Crippen LogP contribution in [-0.4, -0.2) is 59.6 Å². The number of hydrogen-bond donors (Lipinski definition) is 0. The van der Waals surface area contributed by atoms with Gasteiger partial charge in [-0.3, -0.25) is 9.69 Å². The topological polar surface area (TPSA) is 45.7 Å². The molecule has 132 valence electrons. The summed E-state index contributed by atoms with van der Waals surface area (Å²) in [5.74, 6) is -0.0874. The Balaban J connectivity index is 1.43. The summed E-state index contributed by atoms with van der Waals surface area (Å²) in [5.41, 5.74) is 1.79. The third kappa shape index (κ3) is 3.44. The third-order valence-electron chi connectivity index (χ3n) is 4.90. The summed E-state index contributed by atoms with van der Waals surface area (Å²) in [7, 11) is 1.87. The van der Waals surface area contributed by atoms with E-state index < -0.39 is 0 Å². The number of carbonyl (C=O) groups is 1. The Bertz CT molecular complexity index is 764. The van der Waals surface area contributed by atoms with Crippen molar-refractivity contribution < 1.29 is 13.9 Å². The number of amides is 1. The summed E-state index contributed by atoms with van der Waals surface area (Å²) in [5, 5.41) is 3.02. The van der Waals surface area contributed by atoms with Crippen LogP contribution in [0.3, 0.4) is 0 Å². The number of benzene rings is 1. The average molecular weight is 361 g/mol. The molecule has 5 nitrogen and oxygen atoms in total. The van der Waals surface area contributed by atoms with E-state index in [0.29, 0.717) is 13.0 Å². The maximum atomic E-state index is 13.0. The SMILES string of the molecule is CN1C(=O)CCO[C@H]2CN(Cc3nc(-c4ccc(F)cc4)cs3)C[C@@H]21. The van der Waals surface area contributed by atoms with Gasteiger partial charge in [-0.1, -0.05) is 0 Å². The van der Waals surface area contributed by atoms with Gasteiger partial charge in [0.1, 0.15) is 10.8 Å². The first-order chi connectivity index (χ1) is 12.1. The Hall–Kier alpha value is -1.83. The van der Waals surface area contributed by atoms with Gasteiger partial charge in [0.05, 0.1) is 37.4 Å². The van der Waals surface area contributed by atoms with Gasteiger partial charge < -0.3 is 9.64 Å². The van der Waals surface area contributed by atoms with E-state index in [9.17, 15) is 9.18 Å². The van der Waals surface area contributed by atoms with Crippen LogP contribution >= 0.6 is 11.3 Å². The third-order valence-corrected chi connectivity index (χ3v) is 5.74. The van der Waals surface area contributed by atoms with Crippen LogP contribution < -0.4 is 0 Å². The molecule has 2 fully saturated rings. The molecule has 1 amide bonds. The van der Waals surface area contributed by atoms with Crippen molar-refractivity contribution in [1.29, 1.82) is 0 Å². The van der Waals surface area contributed by atoms with E-state index in [-0.39, 0.29) is 23.9 Å². The molecule has 25 heavy (non-hydrogen) atoms. The number of likely N-dealkylation sites (N-methyl/N-ethyl adjacent to an activating group) is 1. The van der Waals surface area contributed by atoms with Crippen molar-refractivity contribution in [3.05, 3.63) is 40.5 Å². The lowest BCUT2D eigenvalue weighted by Gasteiger charge is -2.25. The van der Waals surface area contributed by atoms with Crippen LogP contribution in [0.5, 0.6) is 0 Å². The van der Waals surface area contributed by atoms with Gasteiger partial charge in [0.15, 0.2) is 0 Å². The molecule has 4 rings (SSSR count). The highest BCUT2D eigenvalue weighted by Gasteiger charge is 2.39. The number of halogens is 1. The molecule has 2 aliphatic rings. The van der Waals surface area contributed by atoms with Gasteiger partial charge in [-0.15, -0.1) is 11.3 Å². The molecule has 1 aromatic carbocycles. The minimum Gasteiger partial charge on any atom is -0.374 e. The summed E-state index contributed by atoms with van der Waals surface area (Å²) in [4.78, 5) is 20.8. The van der Waals surface area contributed by atoms with Gasteiger partial charge in [0, 0.05) is 31.1 Å². The molecule has 7 heteroatoms. The Morgan fingerprint density at radius 1 is 1.32 bits per heavy atom. The number of likely N-dealkylation sites (tertiary alicyclic amines) is 1. The number of thiazole rings is 1. The molecule has 0 radical (unpaired) electrons. The van der Waals surface area contributed by atoms with Crippen molar-refractivity contribution in [2.45, 2.75) is 25.1 Å². The molecule has 3 heterocycles. The van der Waals surface area contributed by atoms with Crippen LogP contribution in [0.2, 0.25) is 0 Å². The fraction of sp³-hybridized carbons (Fsp3) is 0.444. The summed E-state index contributed by atoms with van der Waals surface area (Å²) in [6, 6.07) is 6.51. The van der Waals surface area contributed by atoms with Crippen molar-refractivity contribution >= 4 is 17.2 Å². The standard InChI is InChI=1S/C18H20FN3O2S/c1-21-15-8-22(9-16(15)24-7-6-18(21)23)10-17-20-14(11-25-17)12-2-4-13(19)5-3-12/h2-5,11,15-16H,6-10H2,1H3/t15-,16-/m0/s1. The molecule has 0 N–H and O–H groups in total. The number of ether oxygens (including phenoxy) is 1. The molecule has 0 unspecified atom stereocenters. The number of hydrogen-bond acceptors (Lipinski definition) is 5. The first-order valence-corrected chi connectivity index (χ1v) is 9.28. The molecule has 0 saturated carbocycles. The van der Waals surface area contributed by atoms with E-state index in [0.717, 1.165) is 35.9 Å². The molecule has 2 atom stereocenters. The zero-order valence-electron chi connectivity index (χ0n) is 14.0. The number of nitrogens with zero attached hydrogens (tertiary/aromatic N) is 3. The minimum atomic E-state index is -0.242. The normalized spacial score (nSPS) is 24.4. The van der Waals surface area contributed by atoms with Crippen molar-refractivity contribution in [3.8, 4) is 11.3 Å². The minimum absolute atomic E-state index is 0.0768. The number of rotatable bonds is 3. The molecular formula is C18H20FN3O2S. The van der Waals surface area contributed by atoms with E-state index in [4.69, 9.17) is 4.74 Å². The van der Waals surface area contributed by atoms with Crippen LogP contribution in [0.1, 0.15) is 11.4 Å². The highest BCUT2D eigenvalue weighted by atomic mass is 32.1. The average Bonchev–Trinajstić information content (AvgIpc) is 3.19. The van der Waals surface area contributed by atoms with E-state index in [2.05, 4.69) is 9.88 Å². The summed E-state index contributed by atoms with van der Waals surface area (Å²) >= 11 is 1.61. The molecule has 2 saturated heterocycles. The molecule has 2 aromatic rings. The molecule has 2 aliphatic heterocycles. The molecule has 0 bridgehead atoms. The largest absolute Gasteiger partial charge is 0.374 e. The number of fused-ring (bicyclic) bond motifs is 1. The Morgan fingerprint density at radius 3 is 2.92 bits per heavy atom. The summed E-state index contributed by atoms with van der Waals surface area (Å²) in [6.45, 7) is 2.86. The van der Waals surface area contributed by atoms with E-state index >= 15 is 0 Å². The summed E-state index contributed by atoms with van der Waals surface area (Å²) < 4.78 is 18.9. The second-order valence-corrected chi connectivity index (χ2v) is 7.50. The van der Waals surface area contributed by atoms with Gasteiger partial charge in [0.25, 0.3) is 0 Å². The van der Waals surface area contributed by atoms with E-state index in [1.807, 2.05) is 17.3 Å². The monoisotopic (exact) mass is 361 g/mol. The van der Waals surface area contributed by atoms with Crippen molar-refractivity contribution in [2.24, 2.45) is 0 Å². The van der Waals surface area contributed by atoms with Crippen molar-refractivity contribution in [2.75, 3.05) is 26.7 Å². The van der Waals surface area contributed by atoms with Crippen LogP contribution in [0, 0.1) is 5.82 Å². The van der Waals surface area contributed by atoms with Gasteiger partial charge in [-0.25, -0.2) is 9.37 Å². The van der Waals surface area contributed by atoms with Crippen LogP contribution in [-0.2, 0) is 16.1 Å².